The number of nitrogens with two attached hydrogens (primary N) is 1. The van der Waals surface area contributed by atoms with Gasteiger partial charge in [-0.25, -0.2) is 4.98 Å². The van der Waals surface area contributed by atoms with Crippen LogP contribution in [0.25, 0.3) is 10.2 Å². The van der Waals surface area contributed by atoms with Crippen LogP contribution < -0.4 is 11.3 Å². The zero-order valence-electron chi connectivity index (χ0n) is 15.9. The minimum atomic E-state index is -0.649. The maximum atomic E-state index is 13.4. The van der Waals surface area contributed by atoms with E-state index in [4.69, 9.17) is 10.7 Å². The van der Waals surface area contributed by atoms with E-state index in [1.54, 1.807) is 15.9 Å². The van der Waals surface area contributed by atoms with Gasteiger partial charge in [0.25, 0.3) is 5.56 Å². The molecule has 0 aromatic carbocycles. The molecular formula is C19H28N4O2S. The summed E-state index contributed by atoms with van der Waals surface area (Å²) in [6.07, 6.45) is 4.70. The third-order valence-corrected chi connectivity index (χ3v) is 6.57. The van der Waals surface area contributed by atoms with Gasteiger partial charge in [-0.1, -0.05) is 20.8 Å². The van der Waals surface area contributed by atoms with Gasteiger partial charge in [0.15, 0.2) is 0 Å². The van der Waals surface area contributed by atoms with Crippen molar-refractivity contribution in [3.63, 3.8) is 0 Å². The van der Waals surface area contributed by atoms with Crippen LogP contribution in [0, 0.1) is 0 Å². The van der Waals surface area contributed by atoms with Crippen molar-refractivity contribution in [2.24, 2.45) is 5.73 Å². The van der Waals surface area contributed by atoms with Gasteiger partial charge in [-0.15, -0.1) is 11.3 Å². The molecule has 6 nitrogen and oxygen atoms in total. The van der Waals surface area contributed by atoms with Crippen LogP contribution in [0.15, 0.2) is 4.79 Å². The van der Waals surface area contributed by atoms with E-state index in [1.807, 2.05) is 6.92 Å². The summed E-state index contributed by atoms with van der Waals surface area (Å²) < 4.78 is 1.57. The highest BCUT2D eigenvalue weighted by Crippen LogP contribution is 2.34. The van der Waals surface area contributed by atoms with Crippen molar-refractivity contribution in [3.05, 3.63) is 26.6 Å². The molecule has 1 amide bonds. The normalized spacial score (nSPS) is 15.4. The molecule has 3 rings (SSSR count). The molecule has 1 atom stereocenters. The van der Waals surface area contributed by atoms with E-state index in [1.165, 1.54) is 11.3 Å². The van der Waals surface area contributed by atoms with Crippen LogP contribution in [-0.2, 0) is 24.2 Å². The SMILES string of the molecule is CCC(C(N)=O)n1c(CN(CC)CC)nc2sc3c(c2c1=O)CCCC3. The fraction of sp³-hybridized carbons (Fsp3) is 0.632. The standard InChI is InChI=1S/C19H28N4O2S/c1-4-13(17(20)24)23-15(11-22(5-2)6-3)21-18-16(19(23)25)12-9-7-8-10-14(12)26-18/h13H,4-11H2,1-3H3,(H2,20,24). The van der Waals surface area contributed by atoms with Crippen LogP contribution in [0.2, 0.25) is 0 Å². The van der Waals surface area contributed by atoms with Gasteiger partial charge in [-0.05, 0) is 50.8 Å². The van der Waals surface area contributed by atoms with Crippen LogP contribution in [0.4, 0.5) is 0 Å². The Balaban J connectivity index is 2.26. The van der Waals surface area contributed by atoms with Gasteiger partial charge >= 0.3 is 0 Å². The van der Waals surface area contributed by atoms with E-state index in [-0.39, 0.29) is 5.56 Å². The molecule has 1 aliphatic carbocycles. The van der Waals surface area contributed by atoms with Gasteiger partial charge < -0.3 is 5.73 Å². The minimum absolute atomic E-state index is 0.0952. The van der Waals surface area contributed by atoms with Crippen molar-refractivity contribution in [1.29, 1.82) is 0 Å². The van der Waals surface area contributed by atoms with Crippen LogP contribution in [0.1, 0.15) is 62.3 Å². The fourth-order valence-electron chi connectivity index (χ4n) is 3.85. The average Bonchev–Trinajstić information content (AvgIpc) is 3.00. The first-order valence-electron chi connectivity index (χ1n) is 9.59. The lowest BCUT2D eigenvalue weighted by molar-refractivity contribution is -0.121. The summed E-state index contributed by atoms with van der Waals surface area (Å²) in [5.74, 6) is 0.177. The Morgan fingerprint density at radius 1 is 1.27 bits per heavy atom. The molecule has 1 aliphatic rings. The summed E-state index contributed by atoms with van der Waals surface area (Å²) in [6, 6.07) is -0.649. The molecular weight excluding hydrogens is 348 g/mol. The fourth-order valence-corrected chi connectivity index (χ4v) is 5.12. The second kappa shape index (κ2) is 7.88. The molecule has 2 aromatic heterocycles. The number of aryl methyl sites for hydroxylation is 2. The van der Waals surface area contributed by atoms with Gasteiger partial charge in [0, 0.05) is 4.88 Å². The monoisotopic (exact) mass is 376 g/mol. The largest absolute Gasteiger partial charge is 0.368 e. The molecule has 2 heterocycles. The number of nitrogens with zero attached hydrogens (tertiary/aromatic N) is 3. The first kappa shape index (κ1) is 19.0. The Kier molecular flexibility index (Phi) is 5.77. The molecule has 0 radical (unpaired) electrons. The molecule has 0 bridgehead atoms. The quantitative estimate of drug-likeness (QED) is 0.805. The molecule has 2 N–H and O–H groups in total. The third-order valence-electron chi connectivity index (χ3n) is 5.38. The number of hydrogen-bond donors (Lipinski definition) is 1. The number of carbonyl (C=O) groups is 1. The molecule has 0 aliphatic heterocycles. The highest BCUT2D eigenvalue weighted by atomic mass is 32.1. The molecule has 142 valence electrons. The Morgan fingerprint density at radius 2 is 1.96 bits per heavy atom. The van der Waals surface area contributed by atoms with Crippen LogP contribution >= 0.6 is 11.3 Å². The number of amides is 1. The Morgan fingerprint density at radius 3 is 2.58 bits per heavy atom. The summed E-state index contributed by atoms with van der Waals surface area (Å²) in [5, 5.41) is 0.715. The second-order valence-electron chi connectivity index (χ2n) is 6.88. The van der Waals surface area contributed by atoms with Crippen LogP contribution in [-0.4, -0.2) is 33.4 Å². The van der Waals surface area contributed by atoms with E-state index < -0.39 is 11.9 Å². The van der Waals surface area contributed by atoms with Crippen molar-refractivity contribution < 1.29 is 4.79 Å². The molecule has 0 spiro atoms. The highest BCUT2D eigenvalue weighted by molar-refractivity contribution is 7.18. The first-order valence-corrected chi connectivity index (χ1v) is 10.4. The first-order chi connectivity index (χ1) is 12.5. The van der Waals surface area contributed by atoms with Crippen LogP contribution in [0.5, 0.6) is 0 Å². The number of thiophene rings is 1. The number of aromatic nitrogens is 2. The zero-order chi connectivity index (χ0) is 18.8. The van der Waals surface area contributed by atoms with E-state index in [0.29, 0.717) is 24.2 Å². The number of carbonyl (C=O) groups excluding carboxylic acids is 1. The van der Waals surface area contributed by atoms with E-state index in [2.05, 4.69) is 18.7 Å². The maximum absolute atomic E-state index is 13.4. The van der Waals surface area contributed by atoms with Gasteiger partial charge in [-0.3, -0.25) is 19.1 Å². The maximum Gasteiger partial charge on any atom is 0.263 e. The molecule has 0 fully saturated rings. The Labute approximate surface area is 158 Å². The van der Waals surface area contributed by atoms with Crippen molar-refractivity contribution in [2.75, 3.05) is 13.1 Å². The molecule has 26 heavy (non-hydrogen) atoms. The zero-order valence-corrected chi connectivity index (χ0v) is 16.7. The van der Waals surface area contributed by atoms with Crippen molar-refractivity contribution >= 4 is 27.5 Å². The lowest BCUT2D eigenvalue weighted by atomic mass is 9.97. The molecule has 1 unspecified atom stereocenters. The summed E-state index contributed by atoms with van der Waals surface area (Å²) in [5.41, 5.74) is 6.69. The van der Waals surface area contributed by atoms with Gasteiger partial charge in [-0.2, -0.15) is 0 Å². The third kappa shape index (κ3) is 3.30. The predicted molar refractivity (Wildman–Crippen MR) is 106 cm³/mol. The Bertz CT molecular complexity index is 867. The number of rotatable bonds is 7. The molecule has 2 aromatic rings. The van der Waals surface area contributed by atoms with E-state index >= 15 is 0 Å². The Hall–Kier alpha value is -1.73. The number of primary amides is 1. The number of hydrogen-bond acceptors (Lipinski definition) is 5. The van der Waals surface area contributed by atoms with Gasteiger partial charge in [0.05, 0.1) is 11.9 Å². The van der Waals surface area contributed by atoms with E-state index in [9.17, 15) is 9.59 Å². The minimum Gasteiger partial charge on any atom is -0.368 e. The number of fused-ring (bicyclic) bond motifs is 3. The smallest absolute Gasteiger partial charge is 0.263 e. The summed E-state index contributed by atoms with van der Waals surface area (Å²) in [7, 11) is 0. The van der Waals surface area contributed by atoms with Crippen molar-refractivity contribution in [2.45, 2.75) is 65.5 Å². The lowest BCUT2D eigenvalue weighted by Crippen LogP contribution is -2.38. The molecule has 0 saturated carbocycles. The molecule has 7 heteroatoms. The summed E-state index contributed by atoms with van der Waals surface area (Å²) in [4.78, 5) is 34.7. The van der Waals surface area contributed by atoms with Crippen LogP contribution in [0.3, 0.4) is 0 Å². The average molecular weight is 377 g/mol. The van der Waals surface area contributed by atoms with Crippen molar-refractivity contribution in [1.82, 2.24) is 14.5 Å². The molecule has 0 saturated heterocycles. The topological polar surface area (TPSA) is 81.2 Å². The van der Waals surface area contributed by atoms with Crippen molar-refractivity contribution in [3.8, 4) is 0 Å². The second-order valence-corrected chi connectivity index (χ2v) is 7.97. The van der Waals surface area contributed by atoms with E-state index in [0.717, 1.165) is 42.7 Å². The summed E-state index contributed by atoms with van der Waals surface area (Å²) >= 11 is 1.65. The highest BCUT2D eigenvalue weighted by Gasteiger charge is 2.27. The lowest BCUT2D eigenvalue weighted by Gasteiger charge is -2.23. The summed E-state index contributed by atoms with van der Waals surface area (Å²) in [6.45, 7) is 8.32. The van der Waals surface area contributed by atoms with Gasteiger partial charge in [0.1, 0.15) is 16.7 Å². The predicted octanol–water partition coefficient (Wildman–Crippen LogP) is 2.62. The van der Waals surface area contributed by atoms with Gasteiger partial charge in [0.2, 0.25) is 5.91 Å².